The number of hydrogen-bond acceptors (Lipinski definition) is 3. The predicted octanol–water partition coefficient (Wildman–Crippen LogP) is 2.86. The van der Waals surface area contributed by atoms with Crippen molar-refractivity contribution in [1.29, 1.82) is 0 Å². The number of hydrogen-bond donors (Lipinski definition) is 1. The summed E-state index contributed by atoms with van der Waals surface area (Å²) in [5.41, 5.74) is 0.506. The SMILES string of the molecule is CC[C@H](c1cc(F)ccc1S(=O)(=O)Cl)[C@@H]1CCNC1. The first-order valence-electron chi connectivity index (χ1n) is 6.38. The van der Waals surface area contributed by atoms with Crippen LogP contribution < -0.4 is 5.32 Å². The lowest BCUT2D eigenvalue weighted by atomic mass is 9.83. The van der Waals surface area contributed by atoms with Crippen molar-refractivity contribution in [2.24, 2.45) is 5.92 Å². The second kappa shape index (κ2) is 5.77. The van der Waals surface area contributed by atoms with Gasteiger partial charge in [-0.15, -0.1) is 0 Å². The fourth-order valence-electron chi connectivity index (χ4n) is 2.86. The van der Waals surface area contributed by atoms with E-state index in [0.717, 1.165) is 32.0 Å². The molecule has 1 N–H and O–H groups in total. The summed E-state index contributed by atoms with van der Waals surface area (Å²) >= 11 is 0. The molecule has 0 saturated carbocycles. The largest absolute Gasteiger partial charge is 0.316 e. The molecule has 0 unspecified atom stereocenters. The van der Waals surface area contributed by atoms with Gasteiger partial charge in [0, 0.05) is 10.7 Å². The first-order valence-corrected chi connectivity index (χ1v) is 8.69. The Balaban J connectivity index is 2.49. The van der Waals surface area contributed by atoms with Gasteiger partial charge < -0.3 is 5.32 Å². The third-order valence-corrected chi connectivity index (χ3v) is 5.14. The summed E-state index contributed by atoms with van der Waals surface area (Å²) in [6.45, 7) is 3.73. The second-order valence-corrected chi connectivity index (χ2v) is 7.42. The van der Waals surface area contributed by atoms with Gasteiger partial charge in [0.15, 0.2) is 0 Å². The molecule has 0 bridgehead atoms. The van der Waals surface area contributed by atoms with E-state index < -0.39 is 14.9 Å². The zero-order valence-electron chi connectivity index (χ0n) is 10.7. The molecule has 1 heterocycles. The maximum atomic E-state index is 13.5. The Morgan fingerprint density at radius 1 is 1.53 bits per heavy atom. The van der Waals surface area contributed by atoms with Gasteiger partial charge in [0.25, 0.3) is 9.05 Å². The van der Waals surface area contributed by atoms with E-state index in [0.29, 0.717) is 11.5 Å². The summed E-state index contributed by atoms with van der Waals surface area (Å²) in [6, 6.07) is 3.71. The maximum Gasteiger partial charge on any atom is 0.261 e. The van der Waals surface area contributed by atoms with Crippen LogP contribution in [0.2, 0.25) is 0 Å². The van der Waals surface area contributed by atoms with Crippen LogP contribution in [0.3, 0.4) is 0 Å². The molecule has 6 heteroatoms. The van der Waals surface area contributed by atoms with Crippen LogP contribution in [0.4, 0.5) is 4.39 Å². The monoisotopic (exact) mass is 305 g/mol. The van der Waals surface area contributed by atoms with Gasteiger partial charge in [-0.2, -0.15) is 0 Å². The first kappa shape index (κ1) is 14.8. The van der Waals surface area contributed by atoms with Gasteiger partial charge in [0.1, 0.15) is 5.82 Å². The maximum absolute atomic E-state index is 13.5. The number of benzene rings is 1. The zero-order chi connectivity index (χ0) is 14.0. The number of halogens is 2. The molecule has 1 fully saturated rings. The topological polar surface area (TPSA) is 46.2 Å². The fraction of sp³-hybridized carbons (Fsp3) is 0.538. The van der Waals surface area contributed by atoms with Gasteiger partial charge in [-0.3, -0.25) is 0 Å². The van der Waals surface area contributed by atoms with Crippen LogP contribution in [-0.4, -0.2) is 21.5 Å². The molecule has 1 aliphatic rings. The highest BCUT2D eigenvalue weighted by Crippen LogP contribution is 2.36. The molecule has 0 spiro atoms. The quantitative estimate of drug-likeness (QED) is 0.870. The van der Waals surface area contributed by atoms with Gasteiger partial charge in [0.2, 0.25) is 0 Å². The van der Waals surface area contributed by atoms with E-state index in [4.69, 9.17) is 10.7 Å². The van der Waals surface area contributed by atoms with Crippen LogP contribution in [0.15, 0.2) is 23.1 Å². The van der Waals surface area contributed by atoms with Crippen LogP contribution in [0, 0.1) is 11.7 Å². The molecule has 2 rings (SSSR count). The van der Waals surface area contributed by atoms with Crippen LogP contribution >= 0.6 is 10.7 Å². The molecule has 106 valence electrons. The Labute approximate surface area is 117 Å². The lowest BCUT2D eigenvalue weighted by Crippen LogP contribution is -2.18. The average Bonchev–Trinajstić information content (AvgIpc) is 2.82. The zero-order valence-corrected chi connectivity index (χ0v) is 12.3. The van der Waals surface area contributed by atoms with Crippen molar-refractivity contribution < 1.29 is 12.8 Å². The molecule has 19 heavy (non-hydrogen) atoms. The van der Waals surface area contributed by atoms with Crippen molar-refractivity contribution in [2.45, 2.75) is 30.6 Å². The Hall–Kier alpha value is -0.650. The van der Waals surface area contributed by atoms with Gasteiger partial charge >= 0.3 is 0 Å². The van der Waals surface area contributed by atoms with E-state index in [9.17, 15) is 12.8 Å². The summed E-state index contributed by atoms with van der Waals surface area (Å²) in [5.74, 6) is -0.0957. The van der Waals surface area contributed by atoms with E-state index >= 15 is 0 Å². The second-order valence-electron chi connectivity index (χ2n) is 4.89. The van der Waals surface area contributed by atoms with Crippen molar-refractivity contribution in [1.82, 2.24) is 5.32 Å². The summed E-state index contributed by atoms with van der Waals surface area (Å²) in [6.07, 6.45) is 1.73. The van der Waals surface area contributed by atoms with Gasteiger partial charge in [-0.25, -0.2) is 12.8 Å². The summed E-state index contributed by atoms with van der Waals surface area (Å²) < 4.78 is 36.7. The van der Waals surface area contributed by atoms with E-state index in [-0.39, 0.29) is 10.8 Å². The third kappa shape index (κ3) is 3.27. The molecule has 0 amide bonds. The average molecular weight is 306 g/mol. The normalized spacial score (nSPS) is 21.5. The third-order valence-electron chi connectivity index (χ3n) is 3.74. The summed E-state index contributed by atoms with van der Waals surface area (Å²) in [5, 5.41) is 3.25. The van der Waals surface area contributed by atoms with Crippen LogP contribution in [0.1, 0.15) is 31.2 Å². The minimum Gasteiger partial charge on any atom is -0.316 e. The fourth-order valence-corrected chi connectivity index (χ4v) is 4.00. The van der Waals surface area contributed by atoms with E-state index in [1.54, 1.807) is 0 Å². The molecule has 3 nitrogen and oxygen atoms in total. The van der Waals surface area contributed by atoms with Crippen molar-refractivity contribution in [3.05, 3.63) is 29.6 Å². The van der Waals surface area contributed by atoms with Crippen molar-refractivity contribution in [3.63, 3.8) is 0 Å². The van der Waals surface area contributed by atoms with Crippen LogP contribution in [0.5, 0.6) is 0 Å². The molecule has 0 radical (unpaired) electrons. The van der Waals surface area contributed by atoms with E-state index in [1.165, 1.54) is 12.1 Å². The van der Waals surface area contributed by atoms with Crippen LogP contribution in [-0.2, 0) is 9.05 Å². The lowest BCUT2D eigenvalue weighted by Gasteiger charge is -2.23. The smallest absolute Gasteiger partial charge is 0.261 e. The molecular formula is C13H17ClFNO2S. The van der Waals surface area contributed by atoms with Gasteiger partial charge in [-0.1, -0.05) is 6.92 Å². The molecule has 1 saturated heterocycles. The highest BCUT2D eigenvalue weighted by Gasteiger charge is 2.29. The van der Waals surface area contributed by atoms with Crippen molar-refractivity contribution >= 4 is 19.7 Å². The highest BCUT2D eigenvalue weighted by molar-refractivity contribution is 8.13. The first-order chi connectivity index (χ1) is 8.93. The Morgan fingerprint density at radius 2 is 2.26 bits per heavy atom. The molecular weight excluding hydrogens is 289 g/mol. The highest BCUT2D eigenvalue weighted by atomic mass is 35.7. The molecule has 1 aliphatic heterocycles. The molecule has 0 aromatic heterocycles. The van der Waals surface area contributed by atoms with E-state index in [1.807, 2.05) is 6.92 Å². The molecule has 0 aliphatic carbocycles. The molecule has 1 aromatic carbocycles. The minimum atomic E-state index is -3.85. The molecule has 1 aromatic rings. The Morgan fingerprint density at radius 3 is 2.79 bits per heavy atom. The summed E-state index contributed by atoms with van der Waals surface area (Å²) in [4.78, 5) is 0.0364. The van der Waals surface area contributed by atoms with Gasteiger partial charge in [0.05, 0.1) is 4.90 Å². The number of nitrogens with one attached hydrogen (secondary N) is 1. The lowest BCUT2D eigenvalue weighted by molar-refractivity contribution is 0.438. The van der Waals surface area contributed by atoms with Gasteiger partial charge in [-0.05, 0) is 61.5 Å². The van der Waals surface area contributed by atoms with Crippen molar-refractivity contribution in [3.8, 4) is 0 Å². The standard InChI is InChI=1S/C13H17ClFNO2S/c1-2-11(9-5-6-16-8-9)12-7-10(15)3-4-13(12)19(14,17)18/h3-4,7,9,11,16H,2,5-6,8H2,1H3/t9-,11+/m1/s1. The Kier molecular flexibility index (Phi) is 4.48. The minimum absolute atomic E-state index is 0.00854. The summed E-state index contributed by atoms with van der Waals surface area (Å²) in [7, 11) is 1.61. The predicted molar refractivity (Wildman–Crippen MR) is 73.4 cm³/mol. The van der Waals surface area contributed by atoms with Crippen LogP contribution in [0.25, 0.3) is 0 Å². The Bertz CT molecular complexity index is 556. The number of rotatable bonds is 4. The molecule has 2 atom stereocenters. The van der Waals surface area contributed by atoms with E-state index in [2.05, 4.69) is 5.32 Å². The van der Waals surface area contributed by atoms with Crippen molar-refractivity contribution in [2.75, 3.05) is 13.1 Å².